The van der Waals surface area contributed by atoms with Crippen LogP contribution in [0, 0.1) is 0 Å². The Morgan fingerprint density at radius 3 is 2.41 bits per heavy atom. The van der Waals surface area contributed by atoms with Crippen molar-refractivity contribution >= 4 is 27.0 Å². The summed E-state index contributed by atoms with van der Waals surface area (Å²) >= 11 is 0. The number of nitrogens with one attached hydrogen (secondary N) is 1. The van der Waals surface area contributed by atoms with E-state index in [1.807, 2.05) is 17.7 Å². The average Bonchev–Trinajstić information content (AvgIpc) is 3.09. The lowest BCUT2D eigenvalue weighted by Crippen LogP contribution is -2.35. The maximum Gasteiger partial charge on any atom is 0.243 e. The fourth-order valence-corrected chi connectivity index (χ4v) is 6.53. The largest absolute Gasteiger partial charge is 0.353 e. The molecule has 1 aliphatic heterocycles. The third-order valence-electron chi connectivity index (χ3n) is 6.94. The molecule has 1 aromatic carbocycles. The number of fused-ring (bicyclic) bond motifs is 1. The molecule has 1 saturated heterocycles. The van der Waals surface area contributed by atoms with Gasteiger partial charge in [-0.3, -0.25) is 4.79 Å². The Labute approximate surface area is 191 Å². The first-order chi connectivity index (χ1) is 15.4. The predicted molar refractivity (Wildman–Crippen MR) is 126 cm³/mol. The Morgan fingerprint density at radius 2 is 1.69 bits per heavy atom. The van der Waals surface area contributed by atoms with Crippen molar-refractivity contribution in [2.45, 2.75) is 88.0 Å². The number of amides is 1. The second-order valence-corrected chi connectivity index (χ2v) is 11.2. The van der Waals surface area contributed by atoms with Crippen LogP contribution >= 0.6 is 0 Å². The van der Waals surface area contributed by atoms with E-state index in [1.165, 1.54) is 32.1 Å². The Hall–Kier alpha value is -1.93. The highest BCUT2D eigenvalue weighted by Crippen LogP contribution is 2.25. The van der Waals surface area contributed by atoms with Crippen LogP contribution in [0.3, 0.4) is 0 Å². The molecule has 0 bridgehead atoms. The number of hydrogen-bond acceptors (Lipinski definition) is 4. The standard InChI is InChI=1S/C24H36N4O3S/c1-27-22-13-12-20(32(30,31)28-16-8-5-9-17-28)18-21(22)26-23(27)14-15-24(29)25-19-10-6-3-2-4-7-11-19/h12-13,18-19H,2-11,14-17H2,1H3,(H,25,29). The summed E-state index contributed by atoms with van der Waals surface area (Å²) in [5.41, 5.74) is 1.55. The van der Waals surface area contributed by atoms with Crippen LogP contribution in [0.4, 0.5) is 0 Å². The molecule has 0 spiro atoms. The van der Waals surface area contributed by atoms with Gasteiger partial charge in [-0.15, -0.1) is 0 Å². The summed E-state index contributed by atoms with van der Waals surface area (Å²) in [6.07, 6.45) is 12.2. The van der Waals surface area contributed by atoms with Gasteiger partial charge in [-0.25, -0.2) is 13.4 Å². The summed E-state index contributed by atoms with van der Waals surface area (Å²) in [4.78, 5) is 17.5. The number of carbonyl (C=O) groups is 1. The van der Waals surface area contributed by atoms with Crippen LogP contribution < -0.4 is 5.32 Å². The Kier molecular flexibility index (Phi) is 7.51. The minimum Gasteiger partial charge on any atom is -0.353 e. The SMILES string of the molecule is Cn1c(CCC(=O)NC2CCCCCCC2)nc2cc(S(=O)(=O)N3CCCCC3)ccc21. The normalized spacial score (nSPS) is 19.5. The summed E-state index contributed by atoms with van der Waals surface area (Å²) in [5, 5.41) is 3.21. The molecule has 4 rings (SSSR count). The molecule has 1 saturated carbocycles. The number of nitrogens with zero attached hydrogens (tertiary/aromatic N) is 3. The lowest BCUT2D eigenvalue weighted by Gasteiger charge is -2.25. The van der Waals surface area contributed by atoms with E-state index in [0.29, 0.717) is 42.4 Å². The molecule has 1 N–H and O–H groups in total. The van der Waals surface area contributed by atoms with Crippen LogP contribution in [-0.2, 0) is 28.3 Å². The maximum atomic E-state index is 13.0. The van der Waals surface area contributed by atoms with Gasteiger partial charge in [0.25, 0.3) is 0 Å². The van der Waals surface area contributed by atoms with Crippen LogP contribution in [0.15, 0.2) is 23.1 Å². The molecule has 7 nitrogen and oxygen atoms in total. The summed E-state index contributed by atoms with van der Waals surface area (Å²) in [6, 6.07) is 5.49. The lowest BCUT2D eigenvalue weighted by molar-refractivity contribution is -0.121. The van der Waals surface area contributed by atoms with Gasteiger partial charge < -0.3 is 9.88 Å². The molecule has 1 aliphatic carbocycles. The van der Waals surface area contributed by atoms with E-state index in [0.717, 1.165) is 43.4 Å². The van der Waals surface area contributed by atoms with Gasteiger partial charge in [-0.05, 0) is 43.9 Å². The van der Waals surface area contributed by atoms with E-state index in [1.54, 1.807) is 16.4 Å². The van der Waals surface area contributed by atoms with E-state index in [-0.39, 0.29) is 5.91 Å². The first-order valence-corrected chi connectivity index (χ1v) is 13.6. The van der Waals surface area contributed by atoms with Gasteiger partial charge >= 0.3 is 0 Å². The number of piperidine rings is 1. The number of sulfonamides is 1. The number of aromatic nitrogens is 2. The first-order valence-electron chi connectivity index (χ1n) is 12.2. The van der Waals surface area contributed by atoms with Crippen LogP contribution in [-0.4, -0.2) is 47.3 Å². The van der Waals surface area contributed by atoms with Crippen molar-refractivity contribution in [3.63, 3.8) is 0 Å². The third kappa shape index (κ3) is 5.34. The fraction of sp³-hybridized carbons (Fsp3) is 0.667. The molecule has 2 fully saturated rings. The van der Waals surface area contributed by atoms with Crippen LogP contribution in [0.1, 0.15) is 76.5 Å². The van der Waals surface area contributed by atoms with Gasteiger partial charge in [0.05, 0.1) is 15.9 Å². The van der Waals surface area contributed by atoms with E-state index in [2.05, 4.69) is 10.3 Å². The zero-order valence-electron chi connectivity index (χ0n) is 19.2. The zero-order valence-corrected chi connectivity index (χ0v) is 20.0. The number of aryl methyl sites for hydroxylation is 2. The quantitative estimate of drug-likeness (QED) is 0.708. The Morgan fingerprint density at radius 1 is 1.03 bits per heavy atom. The number of hydrogen-bond donors (Lipinski definition) is 1. The average molecular weight is 461 g/mol. The van der Waals surface area contributed by atoms with Crippen LogP contribution in [0.2, 0.25) is 0 Å². The van der Waals surface area contributed by atoms with E-state index in [4.69, 9.17) is 0 Å². The minimum atomic E-state index is -3.48. The minimum absolute atomic E-state index is 0.0796. The Bertz CT molecular complexity index is 1030. The van der Waals surface area contributed by atoms with Crippen molar-refractivity contribution in [1.29, 1.82) is 0 Å². The van der Waals surface area contributed by atoms with Gasteiger partial charge in [0, 0.05) is 39.0 Å². The molecule has 2 heterocycles. The van der Waals surface area contributed by atoms with Crippen molar-refractivity contribution in [2.75, 3.05) is 13.1 Å². The highest BCUT2D eigenvalue weighted by Gasteiger charge is 2.26. The van der Waals surface area contributed by atoms with Gasteiger partial charge in [0.1, 0.15) is 5.82 Å². The maximum absolute atomic E-state index is 13.0. The first kappa shape index (κ1) is 23.2. The van der Waals surface area contributed by atoms with Crippen molar-refractivity contribution in [3.05, 3.63) is 24.0 Å². The molecule has 0 unspecified atom stereocenters. The predicted octanol–water partition coefficient (Wildman–Crippen LogP) is 3.91. The topological polar surface area (TPSA) is 84.3 Å². The molecule has 2 aliphatic rings. The molecule has 176 valence electrons. The van der Waals surface area contributed by atoms with Gasteiger partial charge in [-0.1, -0.05) is 38.5 Å². The van der Waals surface area contributed by atoms with Gasteiger partial charge in [-0.2, -0.15) is 4.31 Å². The van der Waals surface area contributed by atoms with Gasteiger partial charge in [0.2, 0.25) is 15.9 Å². The summed E-state index contributed by atoms with van der Waals surface area (Å²) in [5.74, 6) is 0.885. The van der Waals surface area contributed by atoms with Crippen molar-refractivity contribution in [3.8, 4) is 0 Å². The second kappa shape index (κ2) is 10.3. The summed E-state index contributed by atoms with van der Waals surface area (Å²) < 4.78 is 29.6. The second-order valence-electron chi connectivity index (χ2n) is 9.31. The fourth-order valence-electron chi connectivity index (χ4n) is 4.99. The summed E-state index contributed by atoms with van der Waals surface area (Å²) in [7, 11) is -1.56. The Balaban J connectivity index is 1.42. The monoisotopic (exact) mass is 460 g/mol. The van der Waals surface area contributed by atoms with E-state index >= 15 is 0 Å². The number of carbonyl (C=O) groups excluding carboxylic acids is 1. The molecular weight excluding hydrogens is 424 g/mol. The number of rotatable bonds is 6. The third-order valence-corrected chi connectivity index (χ3v) is 8.84. The van der Waals surface area contributed by atoms with Crippen molar-refractivity contribution < 1.29 is 13.2 Å². The molecule has 0 atom stereocenters. The number of imidazole rings is 1. The molecule has 2 aromatic rings. The van der Waals surface area contributed by atoms with Crippen LogP contribution in [0.25, 0.3) is 11.0 Å². The van der Waals surface area contributed by atoms with Crippen molar-refractivity contribution in [1.82, 2.24) is 19.2 Å². The highest BCUT2D eigenvalue weighted by molar-refractivity contribution is 7.89. The van der Waals surface area contributed by atoms with Gasteiger partial charge in [0.15, 0.2) is 0 Å². The van der Waals surface area contributed by atoms with Crippen molar-refractivity contribution in [2.24, 2.45) is 7.05 Å². The summed E-state index contributed by atoms with van der Waals surface area (Å²) in [6.45, 7) is 1.17. The molecule has 1 aromatic heterocycles. The highest BCUT2D eigenvalue weighted by atomic mass is 32.2. The molecule has 0 radical (unpaired) electrons. The van der Waals surface area contributed by atoms with E-state index in [9.17, 15) is 13.2 Å². The molecular formula is C24H36N4O3S. The molecule has 8 heteroatoms. The molecule has 32 heavy (non-hydrogen) atoms. The van der Waals surface area contributed by atoms with E-state index < -0.39 is 10.0 Å². The smallest absolute Gasteiger partial charge is 0.243 e. The van der Waals surface area contributed by atoms with Crippen LogP contribution in [0.5, 0.6) is 0 Å². The molecule has 1 amide bonds. The lowest BCUT2D eigenvalue weighted by atomic mass is 9.96. The number of benzene rings is 1. The zero-order chi connectivity index (χ0) is 22.6.